The molecule has 1 N–H and O–H groups in total. The minimum atomic E-state index is -3.82. The van der Waals surface area contributed by atoms with Crippen LogP contribution in [-0.4, -0.2) is 49.5 Å². The first-order valence-electron chi connectivity index (χ1n) is 12.3. The number of nitrogens with zero attached hydrogens (tertiary/aromatic N) is 2. The van der Waals surface area contributed by atoms with Crippen molar-refractivity contribution in [1.82, 2.24) is 10.2 Å². The molecule has 0 bridgehead atoms. The number of hydrogen-bond acceptors (Lipinski definition) is 4. The molecule has 0 aliphatic carbocycles. The van der Waals surface area contributed by atoms with Gasteiger partial charge in [0.2, 0.25) is 21.8 Å². The van der Waals surface area contributed by atoms with E-state index < -0.39 is 34.1 Å². The van der Waals surface area contributed by atoms with Crippen molar-refractivity contribution in [1.29, 1.82) is 0 Å². The van der Waals surface area contributed by atoms with Gasteiger partial charge in [-0.3, -0.25) is 13.9 Å². The van der Waals surface area contributed by atoms with Crippen LogP contribution in [0.1, 0.15) is 31.9 Å². The van der Waals surface area contributed by atoms with Crippen LogP contribution in [0.5, 0.6) is 0 Å². The molecule has 3 aromatic carbocycles. The fourth-order valence-electron chi connectivity index (χ4n) is 4.04. The van der Waals surface area contributed by atoms with Crippen molar-refractivity contribution in [2.24, 2.45) is 0 Å². The second-order valence-electron chi connectivity index (χ2n) is 10.2. The lowest BCUT2D eigenvalue weighted by molar-refractivity contribution is -0.140. The summed E-state index contributed by atoms with van der Waals surface area (Å²) in [6, 6.07) is 24.8. The average Bonchev–Trinajstić information content (AvgIpc) is 2.84. The number of nitrogens with one attached hydrogen (secondary N) is 1. The first-order chi connectivity index (χ1) is 17.8. The van der Waals surface area contributed by atoms with Gasteiger partial charge in [-0.25, -0.2) is 8.42 Å². The van der Waals surface area contributed by atoms with Crippen molar-refractivity contribution < 1.29 is 18.0 Å². The molecule has 2 amide bonds. The first-order valence-corrected chi connectivity index (χ1v) is 14.9. The highest BCUT2D eigenvalue weighted by Gasteiger charge is 2.34. The fraction of sp³-hybridized carbons (Fsp3) is 0.310. The smallest absolute Gasteiger partial charge is 0.244 e. The number of sulfonamides is 1. The maximum atomic E-state index is 14.0. The molecule has 0 saturated heterocycles. The predicted octanol–water partition coefficient (Wildman–Crippen LogP) is 4.77. The lowest BCUT2D eigenvalue weighted by Crippen LogP contribution is -2.56. The van der Waals surface area contributed by atoms with Gasteiger partial charge in [0.15, 0.2) is 0 Å². The van der Waals surface area contributed by atoms with Crippen LogP contribution < -0.4 is 9.62 Å². The van der Waals surface area contributed by atoms with Crippen LogP contribution in [0.2, 0.25) is 0 Å². The van der Waals surface area contributed by atoms with E-state index in [1.807, 2.05) is 81.4 Å². The third-order valence-electron chi connectivity index (χ3n) is 5.77. The van der Waals surface area contributed by atoms with Crippen LogP contribution in [0.4, 0.5) is 5.69 Å². The van der Waals surface area contributed by atoms with Crippen LogP contribution in [-0.2, 0) is 32.6 Å². The van der Waals surface area contributed by atoms with Crippen molar-refractivity contribution in [2.45, 2.75) is 45.3 Å². The molecule has 1 unspecified atom stereocenters. The Morgan fingerprint density at radius 1 is 0.868 bits per heavy atom. The molecule has 0 radical (unpaired) electrons. The zero-order valence-electron chi connectivity index (χ0n) is 22.1. The zero-order valence-corrected chi connectivity index (χ0v) is 24.5. The minimum Gasteiger partial charge on any atom is -0.350 e. The van der Waals surface area contributed by atoms with Crippen LogP contribution in [0, 0.1) is 0 Å². The molecule has 3 aromatic rings. The molecule has 0 fully saturated rings. The maximum Gasteiger partial charge on any atom is 0.244 e. The molecule has 0 spiro atoms. The summed E-state index contributed by atoms with van der Waals surface area (Å²) in [5.74, 6) is -0.794. The Balaban J connectivity index is 2.06. The molecule has 0 aliphatic rings. The molecule has 1 atom stereocenters. The van der Waals surface area contributed by atoms with Gasteiger partial charge >= 0.3 is 0 Å². The van der Waals surface area contributed by atoms with Gasteiger partial charge in [-0.1, -0.05) is 72.8 Å². The third kappa shape index (κ3) is 8.43. The lowest BCUT2D eigenvalue weighted by atomic mass is 10.0. The number of hydrogen-bond donors (Lipinski definition) is 1. The number of anilines is 1. The molecule has 202 valence electrons. The van der Waals surface area contributed by atoms with E-state index in [-0.39, 0.29) is 18.9 Å². The molecule has 0 aromatic heterocycles. The van der Waals surface area contributed by atoms with Gasteiger partial charge in [-0.2, -0.15) is 0 Å². The number of carbonyl (C=O) groups excluding carboxylic acids is 2. The Kier molecular flexibility index (Phi) is 9.73. The summed E-state index contributed by atoms with van der Waals surface area (Å²) in [6.07, 6.45) is 1.34. The van der Waals surface area contributed by atoms with Crippen molar-refractivity contribution in [2.75, 3.05) is 17.1 Å². The predicted molar refractivity (Wildman–Crippen MR) is 155 cm³/mol. The van der Waals surface area contributed by atoms with Gasteiger partial charge in [-0.05, 0) is 60.0 Å². The Labute approximate surface area is 234 Å². The molecule has 9 heteroatoms. The SMILES string of the molecule is CC(C)(C)NC(=O)C(Cc1ccccc1)N(Cc1ccccc1)C(=O)CN(c1ccccc1Br)S(C)(=O)=O. The Bertz CT molecular complexity index is 1340. The summed E-state index contributed by atoms with van der Waals surface area (Å²) in [4.78, 5) is 29.2. The van der Waals surface area contributed by atoms with Crippen LogP contribution in [0.3, 0.4) is 0 Å². The number of rotatable bonds is 10. The standard InChI is InChI=1S/C29H34BrN3O4S/c1-29(2,3)31-28(35)26(19-22-13-7-5-8-14-22)32(20-23-15-9-6-10-16-23)27(34)21-33(38(4,36)37)25-18-12-11-17-24(25)30/h5-18,26H,19-21H2,1-4H3,(H,31,35). The molecular formula is C29H34BrN3O4S. The summed E-state index contributed by atoms with van der Waals surface area (Å²) in [5, 5.41) is 3.01. The number of benzene rings is 3. The Morgan fingerprint density at radius 2 is 1.39 bits per heavy atom. The quantitative estimate of drug-likeness (QED) is 0.364. The number of carbonyl (C=O) groups is 2. The van der Waals surface area contributed by atoms with Crippen molar-refractivity contribution in [3.05, 3.63) is 101 Å². The topological polar surface area (TPSA) is 86.8 Å². The second-order valence-corrected chi connectivity index (χ2v) is 12.9. The van der Waals surface area contributed by atoms with Crippen LogP contribution >= 0.6 is 15.9 Å². The summed E-state index contributed by atoms with van der Waals surface area (Å²) in [7, 11) is -3.82. The van der Waals surface area contributed by atoms with E-state index in [1.54, 1.807) is 24.3 Å². The van der Waals surface area contributed by atoms with Crippen LogP contribution in [0.15, 0.2) is 89.4 Å². The number of para-hydroxylation sites is 1. The van der Waals surface area contributed by atoms with Crippen LogP contribution in [0.25, 0.3) is 0 Å². The lowest BCUT2D eigenvalue weighted by Gasteiger charge is -2.35. The Morgan fingerprint density at radius 3 is 1.92 bits per heavy atom. The van der Waals surface area contributed by atoms with E-state index in [2.05, 4.69) is 21.2 Å². The summed E-state index contributed by atoms with van der Waals surface area (Å²) >= 11 is 3.40. The zero-order chi connectivity index (χ0) is 27.9. The van der Waals surface area contributed by atoms with Crippen molar-refractivity contribution >= 4 is 43.5 Å². The molecule has 3 rings (SSSR count). The highest BCUT2D eigenvalue weighted by Crippen LogP contribution is 2.28. The molecular weight excluding hydrogens is 566 g/mol. The van der Waals surface area contributed by atoms with E-state index in [0.717, 1.165) is 21.7 Å². The molecule has 0 saturated carbocycles. The van der Waals surface area contributed by atoms with E-state index in [9.17, 15) is 18.0 Å². The molecule has 7 nitrogen and oxygen atoms in total. The van der Waals surface area contributed by atoms with Gasteiger partial charge in [-0.15, -0.1) is 0 Å². The summed E-state index contributed by atoms with van der Waals surface area (Å²) < 4.78 is 27.3. The van der Waals surface area contributed by atoms with E-state index in [0.29, 0.717) is 10.2 Å². The molecule has 38 heavy (non-hydrogen) atoms. The van der Waals surface area contributed by atoms with Gasteiger partial charge in [0, 0.05) is 23.0 Å². The monoisotopic (exact) mass is 599 g/mol. The van der Waals surface area contributed by atoms with Gasteiger partial charge in [0.05, 0.1) is 11.9 Å². The average molecular weight is 601 g/mol. The highest BCUT2D eigenvalue weighted by molar-refractivity contribution is 9.10. The third-order valence-corrected chi connectivity index (χ3v) is 7.56. The van der Waals surface area contributed by atoms with Gasteiger partial charge in [0.1, 0.15) is 12.6 Å². The maximum absolute atomic E-state index is 14.0. The largest absolute Gasteiger partial charge is 0.350 e. The molecule has 0 aliphatic heterocycles. The van der Waals surface area contributed by atoms with Gasteiger partial charge < -0.3 is 10.2 Å². The summed E-state index contributed by atoms with van der Waals surface area (Å²) in [6.45, 7) is 5.33. The summed E-state index contributed by atoms with van der Waals surface area (Å²) in [5.41, 5.74) is 1.54. The minimum absolute atomic E-state index is 0.141. The van der Waals surface area contributed by atoms with E-state index in [4.69, 9.17) is 0 Å². The Hall–Kier alpha value is -3.17. The number of amides is 2. The molecule has 0 heterocycles. The van der Waals surface area contributed by atoms with Crippen molar-refractivity contribution in [3.8, 4) is 0 Å². The highest BCUT2D eigenvalue weighted by atomic mass is 79.9. The second kappa shape index (κ2) is 12.6. The fourth-order valence-corrected chi connectivity index (χ4v) is 5.51. The van der Waals surface area contributed by atoms with Gasteiger partial charge in [0.25, 0.3) is 0 Å². The van der Waals surface area contributed by atoms with E-state index in [1.165, 1.54) is 4.90 Å². The first kappa shape index (κ1) is 29.4. The normalized spacial score (nSPS) is 12.4. The number of halogens is 1. The van der Waals surface area contributed by atoms with E-state index >= 15 is 0 Å². The van der Waals surface area contributed by atoms with Crippen molar-refractivity contribution in [3.63, 3.8) is 0 Å².